The maximum absolute atomic E-state index is 13.0. The molecular weight excluding hydrogens is 380 g/mol. The predicted octanol–water partition coefficient (Wildman–Crippen LogP) is 3.32. The van der Waals surface area contributed by atoms with Gasteiger partial charge in [0.05, 0.1) is 0 Å². The number of piperazine rings is 1. The predicted molar refractivity (Wildman–Crippen MR) is 91.3 cm³/mol. The molecule has 1 saturated heterocycles. The number of halogens is 4. The molecule has 0 bridgehead atoms. The number of rotatable bonds is 3. The normalized spacial score (nSPS) is 14.7. The molecule has 0 aromatic heterocycles. The zero-order chi connectivity index (χ0) is 20.3. The van der Waals surface area contributed by atoms with Crippen LogP contribution in [-0.4, -0.2) is 54.2 Å². The standard InChI is InChI=1S/C19H16F4N2O3/c20-15-5-1-13(2-6-15)17(26)24-9-11-25(12-10-24)18(27)14-3-7-16(8-4-14)28-19(21,22)23/h1-8H,9-12H2. The molecule has 0 saturated carbocycles. The first-order valence-corrected chi connectivity index (χ1v) is 8.43. The molecule has 9 heteroatoms. The molecule has 0 unspecified atom stereocenters. The van der Waals surface area contributed by atoms with E-state index in [9.17, 15) is 27.2 Å². The number of hydrogen-bond donors (Lipinski definition) is 0. The lowest BCUT2D eigenvalue weighted by atomic mass is 10.1. The van der Waals surface area contributed by atoms with Crippen LogP contribution in [0.1, 0.15) is 20.7 Å². The first kappa shape index (κ1) is 19.7. The molecule has 0 radical (unpaired) electrons. The second-order valence-corrected chi connectivity index (χ2v) is 6.16. The minimum absolute atomic E-state index is 0.229. The van der Waals surface area contributed by atoms with Crippen molar-refractivity contribution in [2.24, 2.45) is 0 Å². The van der Waals surface area contributed by atoms with Crippen molar-refractivity contribution in [3.63, 3.8) is 0 Å². The van der Waals surface area contributed by atoms with E-state index in [1.54, 1.807) is 4.90 Å². The minimum atomic E-state index is -4.79. The number of carbonyl (C=O) groups excluding carboxylic acids is 2. The number of amides is 2. The summed E-state index contributed by atoms with van der Waals surface area (Å²) in [5.74, 6) is -1.43. The molecule has 5 nitrogen and oxygen atoms in total. The van der Waals surface area contributed by atoms with Crippen LogP contribution in [0.4, 0.5) is 17.6 Å². The summed E-state index contributed by atoms with van der Waals surface area (Å²) in [6.45, 7) is 1.17. The lowest BCUT2D eigenvalue weighted by molar-refractivity contribution is -0.274. The second-order valence-electron chi connectivity index (χ2n) is 6.16. The van der Waals surface area contributed by atoms with E-state index in [-0.39, 0.29) is 30.5 Å². The highest BCUT2D eigenvalue weighted by atomic mass is 19.4. The third kappa shape index (κ3) is 4.79. The van der Waals surface area contributed by atoms with Gasteiger partial charge in [0.2, 0.25) is 0 Å². The van der Waals surface area contributed by atoms with E-state index in [0.29, 0.717) is 18.7 Å². The lowest BCUT2D eigenvalue weighted by Gasteiger charge is -2.35. The Bertz CT molecular complexity index is 843. The molecule has 1 aliphatic rings. The molecule has 0 spiro atoms. The van der Waals surface area contributed by atoms with Gasteiger partial charge in [-0.1, -0.05) is 0 Å². The highest BCUT2D eigenvalue weighted by molar-refractivity contribution is 5.96. The van der Waals surface area contributed by atoms with Crippen molar-refractivity contribution in [2.45, 2.75) is 6.36 Å². The van der Waals surface area contributed by atoms with E-state index < -0.39 is 17.9 Å². The van der Waals surface area contributed by atoms with Crippen LogP contribution < -0.4 is 4.74 Å². The Balaban J connectivity index is 1.57. The zero-order valence-electron chi connectivity index (χ0n) is 14.6. The zero-order valence-corrected chi connectivity index (χ0v) is 14.6. The van der Waals surface area contributed by atoms with Crippen molar-refractivity contribution in [3.8, 4) is 5.75 Å². The van der Waals surface area contributed by atoms with Crippen molar-refractivity contribution in [1.82, 2.24) is 9.80 Å². The van der Waals surface area contributed by atoms with Gasteiger partial charge >= 0.3 is 6.36 Å². The molecule has 2 aromatic carbocycles. The molecule has 2 aromatic rings. The maximum atomic E-state index is 13.0. The molecule has 1 aliphatic heterocycles. The maximum Gasteiger partial charge on any atom is 0.573 e. The van der Waals surface area contributed by atoms with E-state index in [2.05, 4.69) is 4.74 Å². The van der Waals surface area contributed by atoms with Crippen LogP contribution in [-0.2, 0) is 0 Å². The van der Waals surface area contributed by atoms with E-state index in [1.807, 2.05) is 0 Å². The third-order valence-electron chi connectivity index (χ3n) is 4.28. The number of ether oxygens (including phenoxy) is 1. The SMILES string of the molecule is O=C(c1ccc(F)cc1)N1CCN(C(=O)c2ccc(OC(F)(F)F)cc2)CC1. The molecule has 0 N–H and O–H groups in total. The molecule has 1 heterocycles. The topological polar surface area (TPSA) is 49.9 Å². The van der Waals surface area contributed by atoms with Gasteiger partial charge in [-0.2, -0.15) is 0 Å². The highest BCUT2D eigenvalue weighted by Gasteiger charge is 2.31. The van der Waals surface area contributed by atoms with Crippen molar-refractivity contribution in [3.05, 3.63) is 65.5 Å². The fourth-order valence-electron chi connectivity index (χ4n) is 2.87. The van der Waals surface area contributed by atoms with Crippen LogP contribution in [0.15, 0.2) is 48.5 Å². The quantitative estimate of drug-likeness (QED) is 0.748. The van der Waals surface area contributed by atoms with Gasteiger partial charge in [0, 0.05) is 37.3 Å². The van der Waals surface area contributed by atoms with Crippen molar-refractivity contribution in [2.75, 3.05) is 26.2 Å². The number of hydrogen-bond acceptors (Lipinski definition) is 3. The van der Waals surface area contributed by atoms with Gasteiger partial charge in [-0.05, 0) is 48.5 Å². The summed E-state index contributed by atoms with van der Waals surface area (Å²) in [6.07, 6.45) is -4.79. The highest BCUT2D eigenvalue weighted by Crippen LogP contribution is 2.23. The lowest BCUT2D eigenvalue weighted by Crippen LogP contribution is -2.50. The molecule has 2 amide bonds. The average Bonchev–Trinajstić information content (AvgIpc) is 2.67. The molecule has 1 fully saturated rings. The van der Waals surface area contributed by atoms with Gasteiger partial charge in [-0.25, -0.2) is 4.39 Å². The van der Waals surface area contributed by atoms with E-state index in [0.717, 1.165) is 12.1 Å². The van der Waals surface area contributed by atoms with Crippen molar-refractivity contribution >= 4 is 11.8 Å². The average molecular weight is 396 g/mol. The molecule has 3 rings (SSSR count). The molecule has 0 atom stereocenters. The Labute approximate surface area is 158 Å². The van der Waals surface area contributed by atoms with Crippen LogP contribution in [0.5, 0.6) is 5.75 Å². The van der Waals surface area contributed by atoms with E-state index in [1.165, 1.54) is 41.3 Å². The van der Waals surface area contributed by atoms with E-state index in [4.69, 9.17) is 0 Å². The first-order valence-electron chi connectivity index (χ1n) is 8.43. The van der Waals surface area contributed by atoms with Gasteiger partial charge in [0.1, 0.15) is 11.6 Å². The Hall–Kier alpha value is -3.10. The molecule has 0 aliphatic carbocycles. The summed E-state index contributed by atoms with van der Waals surface area (Å²) in [4.78, 5) is 28.0. The van der Waals surface area contributed by atoms with Gasteiger partial charge in [0.25, 0.3) is 11.8 Å². The smallest absolute Gasteiger partial charge is 0.406 e. The fraction of sp³-hybridized carbons (Fsp3) is 0.263. The monoisotopic (exact) mass is 396 g/mol. The summed E-state index contributed by atoms with van der Waals surface area (Å²) in [7, 11) is 0. The summed E-state index contributed by atoms with van der Waals surface area (Å²) < 4.78 is 53.3. The summed E-state index contributed by atoms with van der Waals surface area (Å²) in [5.41, 5.74) is 0.592. The minimum Gasteiger partial charge on any atom is -0.406 e. The van der Waals surface area contributed by atoms with Crippen LogP contribution in [0, 0.1) is 5.82 Å². The third-order valence-corrected chi connectivity index (χ3v) is 4.28. The summed E-state index contributed by atoms with van der Waals surface area (Å²) in [5, 5.41) is 0. The summed E-state index contributed by atoms with van der Waals surface area (Å²) >= 11 is 0. The Kier molecular flexibility index (Phi) is 5.53. The number of nitrogens with zero attached hydrogens (tertiary/aromatic N) is 2. The van der Waals surface area contributed by atoms with E-state index >= 15 is 0 Å². The van der Waals surface area contributed by atoms with Crippen LogP contribution in [0.2, 0.25) is 0 Å². The fourth-order valence-corrected chi connectivity index (χ4v) is 2.87. The van der Waals surface area contributed by atoms with Gasteiger partial charge < -0.3 is 14.5 Å². The Morgan fingerprint density at radius 3 is 1.54 bits per heavy atom. The molecule has 148 valence electrons. The molecular formula is C19H16F4N2O3. The number of alkyl halides is 3. The van der Waals surface area contributed by atoms with Crippen LogP contribution in [0.25, 0.3) is 0 Å². The Morgan fingerprint density at radius 1 is 0.750 bits per heavy atom. The number of benzene rings is 2. The van der Waals surface area contributed by atoms with Gasteiger partial charge in [0.15, 0.2) is 0 Å². The number of carbonyl (C=O) groups is 2. The summed E-state index contributed by atoms with van der Waals surface area (Å²) in [6, 6.07) is 9.90. The van der Waals surface area contributed by atoms with Gasteiger partial charge in [-0.3, -0.25) is 9.59 Å². The van der Waals surface area contributed by atoms with Gasteiger partial charge in [-0.15, -0.1) is 13.2 Å². The Morgan fingerprint density at radius 2 is 1.14 bits per heavy atom. The second kappa shape index (κ2) is 7.87. The van der Waals surface area contributed by atoms with Crippen molar-refractivity contribution < 1.29 is 31.9 Å². The largest absolute Gasteiger partial charge is 0.573 e. The van der Waals surface area contributed by atoms with Crippen LogP contribution in [0.3, 0.4) is 0 Å². The first-order chi connectivity index (χ1) is 13.2. The van der Waals surface area contributed by atoms with Crippen molar-refractivity contribution in [1.29, 1.82) is 0 Å². The van der Waals surface area contributed by atoms with Crippen LogP contribution >= 0.6 is 0 Å². The molecule has 28 heavy (non-hydrogen) atoms.